The van der Waals surface area contributed by atoms with Gasteiger partial charge in [-0.2, -0.15) is 0 Å². The molecule has 1 heterocycles. The van der Waals surface area contributed by atoms with Crippen molar-refractivity contribution >= 4 is 0 Å². The second-order valence-corrected chi connectivity index (χ2v) is 5.06. The van der Waals surface area contributed by atoms with Crippen molar-refractivity contribution in [2.45, 2.75) is 52.3 Å². The standard InChI is InChI=1S/C13H27N5O2/c1-11(2)20-9-6-5-8-18-13(15-16-17-18)12(3)14-7-10-19-4/h11-12,14H,5-10H2,1-4H3. The molecule has 0 saturated heterocycles. The van der Waals surface area contributed by atoms with E-state index in [9.17, 15) is 0 Å². The summed E-state index contributed by atoms with van der Waals surface area (Å²) < 4.78 is 12.4. The van der Waals surface area contributed by atoms with Gasteiger partial charge in [0.25, 0.3) is 0 Å². The fourth-order valence-electron chi connectivity index (χ4n) is 1.83. The lowest BCUT2D eigenvalue weighted by atomic mass is 10.3. The second kappa shape index (κ2) is 9.79. The van der Waals surface area contributed by atoms with Gasteiger partial charge >= 0.3 is 0 Å². The van der Waals surface area contributed by atoms with Crippen LogP contribution in [0.5, 0.6) is 0 Å². The molecule has 0 aliphatic heterocycles. The monoisotopic (exact) mass is 285 g/mol. The van der Waals surface area contributed by atoms with Crippen LogP contribution < -0.4 is 5.32 Å². The lowest BCUT2D eigenvalue weighted by Crippen LogP contribution is -2.25. The quantitative estimate of drug-likeness (QED) is 0.615. The van der Waals surface area contributed by atoms with Gasteiger partial charge in [0.2, 0.25) is 0 Å². The van der Waals surface area contributed by atoms with Crippen LogP contribution in [0.3, 0.4) is 0 Å². The molecule has 0 aromatic carbocycles. The molecule has 0 aliphatic carbocycles. The molecule has 0 radical (unpaired) electrons. The molecule has 1 aromatic heterocycles. The number of nitrogens with one attached hydrogen (secondary N) is 1. The summed E-state index contributed by atoms with van der Waals surface area (Å²) >= 11 is 0. The summed E-state index contributed by atoms with van der Waals surface area (Å²) in [5.41, 5.74) is 0. The molecular formula is C13H27N5O2. The molecular weight excluding hydrogens is 258 g/mol. The molecule has 1 unspecified atom stereocenters. The maximum atomic E-state index is 5.52. The SMILES string of the molecule is COCCNC(C)c1nnnn1CCCCOC(C)C. The Balaban J connectivity index is 2.30. The van der Waals surface area contributed by atoms with Gasteiger partial charge < -0.3 is 14.8 Å². The minimum atomic E-state index is 0.118. The van der Waals surface area contributed by atoms with Crippen LogP contribution in [0.15, 0.2) is 0 Å². The van der Waals surface area contributed by atoms with E-state index >= 15 is 0 Å². The van der Waals surface area contributed by atoms with Crippen molar-refractivity contribution in [2.24, 2.45) is 0 Å². The highest BCUT2D eigenvalue weighted by atomic mass is 16.5. The number of tetrazole rings is 1. The number of aromatic nitrogens is 4. The molecule has 7 heteroatoms. The topological polar surface area (TPSA) is 74.1 Å². The van der Waals surface area contributed by atoms with Crippen molar-refractivity contribution in [3.63, 3.8) is 0 Å². The Hall–Kier alpha value is -1.05. The first-order valence-electron chi connectivity index (χ1n) is 7.25. The maximum absolute atomic E-state index is 5.52. The van der Waals surface area contributed by atoms with Gasteiger partial charge in [0.1, 0.15) is 0 Å². The fourth-order valence-corrected chi connectivity index (χ4v) is 1.83. The highest BCUT2D eigenvalue weighted by Crippen LogP contribution is 2.08. The lowest BCUT2D eigenvalue weighted by Gasteiger charge is -2.13. The Kier molecular flexibility index (Phi) is 8.32. The van der Waals surface area contributed by atoms with E-state index in [-0.39, 0.29) is 6.04 Å². The van der Waals surface area contributed by atoms with Gasteiger partial charge in [0.05, 0.1) is 18.8 Å². The Morgan fingerprint density at radius 1 is 1.20 bits per heavy atom. The van der Waals surface area contributed by atoms with Crippen molar-refractivity contribution in [1.29, 1.82) is 0 Å². The molecule has 0 bridgehead atoms. The smallest absolute Gasteiger partial charge is 0.167 e. The van der Waals surface area contributed by atoms with Crippen LogP contribution in [-0.2, 0) is 16.0 Å². The molecule has 0 amide bonds. The predicted octanol–water partition coefficient (Wildman–Crippen LogP) is 1.18. The molecule has 1 atom stereocenters. The van der Waals surface area contributed by atoms with Gasteiger partial charge in [-0.05, 0) is 44.0 Å². The van der Waals surface area contributed by atoms with Crippen LogP contribution in [0, 0.1) is 0 Å². The van der Waals surface area contributed by atoms with Crippen LogP contribution in [0.4, 0.5) is 0 Å². The molecule has 0 aliphatic rings. The zero-order valence-electron chi connectivity index (χ0n) is 13.0. The highest BCUT2D eigenvalue weighted by molar-refractivity contribution is 4.89. The van der Waals surface area contributed by atoms with Gasteiger partial charge in [-0.3, -0.25) is 0 Å². The minimum absolute atomic E-state index is 0.118. The molecule has 0 spiro atoms. The molecule has 7 nitrogen and oxygen atoms in total. The van der Waals surface area contributed by atoms with Crippen LogP contribution in [0.25, 0.3) is 0 Å². The van der Waals surface area contributed by atoms with Crippen molar-refractivity contribution in [1.82, 2.24) is 25.5 Å². The van der Waals surface area contributed by atoms with Crippen molar-refractivity contribution in [3.8, 4) is 0 Å². The number of hydrogen-bond donors (Lipinski definition) is 1. The Morgan fingerprint density at radius 2 is 2.00 bits per heavy atom. The number of nitrogens with zero attached hydrogens (tertiary/aromatic N) is 4. The third kappa shape index (κ3) is 6.40. The summed E-state index contributed by atoms with van der Waals surface area (Å²) in [6.45, 7) is 9.22. The van der Waals surface area contributed by atoms with Crippen LogP contribution in [-0.4, -0.2) is 53.2 Å². The van der Waals surface area contributed by atoms with Crippen LogP contribution in [0.2, 0.25) is 0 Å². The molecule has 20 heavy (non-hydrogen) atoms. The van der Waals surface area contributed by atoms with Crippen LogP contribution >= 0.6 is 0 Å². The summed E-state index contributed by atoms with van der Waals surface area (Å²) in [6, 6.07) is 0.118. The number of unbranched alkanes of at least 4 members (excludes halogenated alkanes) is 1. The Bertz CT molecular complexity index is 356. The van der Waals surface area contributed by atoms with Gasteiger partial charge in [-0.15, -0.1) is 5.10 Å². The van der Waals surface area contributed by atoms with E-state index < -0.39 is 0 Å². The summed E-state index contributed by atoms with van der Waals surface area (Å²) in [5.74, 6) is 0.867. The summed E-state index contributed by atoms with van der Waals surface area (Å²) in [6.07, 6.45) is 2.32. The normalized spacial score (nSPS) is 13.1. The average Bonchev–Trinajstić information content (AvgIpc) is 2.86. The van der Waals surface area contributed by atoms with E-state index in [1.54, 1.807) is 7.11 Å². The number of ether oxygens (including phenoxy) is 2. The molecule has 1 N–H and O–H groups in total. The van der Waals surface area contributed by atoms with Gasteiger partial charge in [-0.25, -0.2) is 4.68 Å². The van der Waals surface area contributed by atoms with E-state index in [2.05, 4.69) is 27.8 Å². The van der Waals surface area contributed by atoms with E-state index in [0.717, 1.165) is 38.4 Å². The van der Waals surface area contributed by atoms with Gasteiger partial charge in [-0.1, -0.05) is 0 Å². The van der Waals surface area contributed by atoms with E-state index in [1.807, 2.05) is 18.5 Å². The van der Waals surface area contributed by atoms with Gasteiger partial charge in [0.15, 0.2) is 5.82 Å². The largest absolute Gasteiger partial charge is 0.383 e. The Morgan fingerprint density at radius 3 is 2.70 bits per heavy atom. The van der Waals surface area contributed by atoms with Crippen molar-refractivity contribution in [3.05, 3.63) is 5.82 Å². The first-order valence-corrected chi connectivity index (χ1v) is 7.25. The third-order valence-corrected chi connectivity index (χ3v) is 2.92. The molecule has 0 fully saturated rings. The molecule has 1 rings (SSSR count). The Labute approximate surface area is 121 Å². The predicted molar refractivity (Wildman–Crippen MR) is 76.4 cm³/mol. The third-order valence-electron chi connectivity index (χ3n) is 2.92. The van der Waals surface area contributed by atoms with Gasteiger partial charge in [0, 0.05) is 26.8 Å². The zero-order valence-corrected chi connectivity index (χ0v) is 13.0. The number of hydrogen-bond acceptors (Lipinski definition) is 6. The number of aryl methyl sites for hydroxylation is 1. The van der Waals surface area contributed by atoms with E-state index in [1.165, 1.54) is 0 Å². The minimum Gasteiger partial charge on any atom is -0.383 e. The summed E-state index contributed by atoms with van der Waals surface area (Å²) in [7, 11) is 1.69. The lowest BCUT2D eigenvalue weighted by molar-refractivity contribution is 0.0752. The first kappa shape index (κ1) is 17.0. The van der Waals surface area contributed by atoms with Crippen molar-refractivity contribution in [2.75, 3.05) is 26.9 Å². The van der Waals surface area contributed by atoms with E-state index in [4.69, 9.17) is 9.47 Å². The zero-order chi connectivity index (χ0) is 14.8. The average molecular weight is 285 g/mol. The summed E-state index contributed by atoms with van der Waals surface area (Å²) in [5, 5.41) is 15.2. The molecule has 116 valence electrons. The first-order chi connectivity index (χ1) is 9.65. The number of rotatable bonds is 11. The van der Waals surface area contributed by atoms with Crippen LogP contribution in [0.1, 0.15) is 45.5 Å². The van der Waals surface area contributed by atoms with Crippen molar-refractivity contribution < 1.29 is 9.47 Å². The number of methoxy groups -OCH3 is 1. The maximum Gasteiger partial charge on any atom is 0.167 e. The second-order valence-electron chi connectivity index (χ2n) is 5.06. The van der Waals surface area contributed by atoms with E-state index in [0.29, 0.717) is 12.7 Å². The molecule has 1 aromatic rings. The highest BCUT2D eigenvalue weighted by Gasteiger charge is 2.13. The summed E-state index contributed by atoms with van der Waals surface area (Å²) in [4.78, 5) is 0. The molecule has 0 saturated carbocycles. The fraction of sp³-hybridized carbons (Fsp3) is 0.923.